The largest absolute Gasteiger partial charge is 0.480 e. The smallest absolute Gasteiger partial charge is 0.323 e. The van der Waals surface area contributed by atoms with Crippen LogP contribution in [0.15, 0.2) is 16.9 Å². The first-order valence-electron chi connectivity index (χ1n) is 3.35. The first-order valence-corrected chi connectivity index (χ1v) is 3.35. The molecule has 1 aromatic heterocycles. The van der Waals surface area contributed by atoms with Gasteiger partial charge in [-0.2, -0.15) is 0 Å². The third-order valence-electron chi connectivity index (χ3n) is 1.08. The highest BCUT2D eigenvalue weighted by Crippen LogP contribution is 1.99. The number of urea groups is 1. The van der Waals surface area contributed by atoms with Gasteiger partial charge in [-0.05, 0) is 0 Å². The molecule has 0 aromatic carbocycles. The number of anilines is 1. The van der Waals surface area contributed by atoms with Crippen molar-refractivity contribution in [1.82, 2.24) is 10.5 Å². The van der Waals surface area contributed by atoms with Crippen molar-refractivity contribution >= 4 is 17.8 Å². The summed E-state index contributed by atoms with van der Waals surface area (Å²) in [6, 6.07) is 0.789. The molecule has 0 saturated carbocycles. The lowest BCUT2D eigenvalue weighted by molar-refractivity contribution is -0.135. The van der Waals surface area contributed by atoms with Crippen molar-refractivity contribution < 1.29 is 19.2 Å². The van der Waals surface area contributed by atoms with Crippen LogP contribution >= 0.6 is 0 Å². The average molecular weight is 185 g/mol. The maximum atomic E-state index is 10.8. The van der Waals surface area contributed by atoms with E-state index in [1.54, 1.807) is 0 Å². The van der Waals surface area contributed by atoms with Gasteiger partial charge in [0.25, 0.3) is 0 Å². The van der Waals surface area contributed by atoms with E-state index >= 15 is 0 Å². The van der Waals surface area contributed by atoms with Gasteiger partial charge >= 0.3 is 12.0 Å². The summed E-state index contributed by atoms with van der Waals surface area (Å²) in [5, 5.41) is 15.9. The van der Waals surface area contributed by atoms with Crippen molar-refractivity contribution in [3.05, 3.63) is 12.3 Å². The predicted molar refractivity (Wildman–Crippen MR) is 41.2 cm³/mol. The van der Waals surface area contributed by atoms with Crippen LogP contribution in [-0.2, 0) is 4.79 Å². The fraction of sp³-hybridized carbons (Fsp3) is 0.167. The Morgan fingerprint density at radius 3 is 2.92 bits per heavy atom. The number of carbonyl (C=O) groups excluding carboxylic acids is 1. The molecule has 3 N–H and O–H groups in total. The van der Waals surface area contributed by atoms with Gasteiger partial charge in [-0.15, -0.1) is 0 Å². The van der Waals surface area contributed by atoms with Gasteiger partial charge in [0.2, 0.25) is 0 Å². The second kappa shape index (κ2) is 4.10. The molecule has 1 rings (SSSR count). The Hall–Kier alpha value is -2.05. The number of carbonyl (C=O) groups is 2. The summed E-state index contributed by atoms with van der Waals surface area (Å²) in [7, 11) is 0. The zero-order chi connectivity index (χ0) is 9.68. The van der Waals surface area contributed by atoms with Crippen LogP contribution in [-0.4, -0.2) is 28.8 Å². The molecule has 0 bridgehead atoms. The third kappa shape index (κ3) is 3.23. The Morgan fingerprint density at radius 2 is 2.38 bits per heavy atom. The summed E-state index contributed by atoms with van der Waals surface area (Å²) in [6.07, 6.45) is 1.28. The molecule has 70 valence electrons. The minimum Gasteiger partial charge on any atom is -0.480 e. The number of rotatable bonds is 3. The Bertz CT molecular complexity index is 295. The fourth-order valence-electron chi connectivity index (χ4n) is 0.593. The second-order valence-corrected chi connectivity index (χ2v) is 2.09. The summed E-state index contributed by atoms with van der Waals surface area (Å²) < 4.78 is 4.43. The summed E-state index contributed by atoms with van der Waals surface area (Å²) in [5.41, 5.74) is 0. The monoisotopic (exact) mass is 185 g/mol. The quantitative estimate of drug-likeness (QED) is 0.608. The van der Waals surface area contributed by atoms with E-state index in [0.29, 0.717) is 0 Å². The van der Waals surface area contributed by atoms with E-state index < -0.39 is 18.5 Å². The summed E-state index contributed by atoms with van der Waals surface area (Å²) >= 11 is 0. The van der Waals surface area contributed by atoms with Crippen molar-refractivity contribution in [2.75, 3.05) is 11.9 Å². The zero-order valence-electron chi connectivity index (χ0n) is 6.48. The molecule has 1 heterocycles. The molecule has 0 spiro atoms. The number of nitrogens with zero attached hydrogens (tertiary/aromatic N) is 1. The molecule has 0 fully saturated rings. The van der Waals surface area contributed by atoms with Crippen molar-refractivity contribution in [2.24, 2.45) is 0 Å². The highest BCUT2D eigenvalue weighted by molar-refractivity contribution is 5.90. The number of carboxylic acid groups (broad SMARTS) is 1. The van der Waals surface area contributed by atoms with Crippen molar-refractivity contribution in [1.29, 1.82) is 0 Å². The molecule has 7 heteroatoms. The minimum absolute atomic E-state index is 0.225. The van der Waals surface area contributed by atoms with E-state index in [1.165, 1.54) is 12.3 Å². The van der Waals surface area contributed by atoms with Crippen LogP contribution in [0.25, 0.3) is 0 Å². The second-order valence-electron chi connectivity index (χ2n) is 2.09. The van der Waals surface area contributed by atoms with Crippen LogP contribution in [0.1, 0.15) is 0 Å². The minimum atomic E-state index is -1.12. The molecule has 0 atom stereocenters. The Kier molecular flexibility index (Phi) is 2.85. The maximum absolute atomic E-state index is 10.8. The Morgan fingerprint density at radius 1 is 1.62 bits per heavy atom. The normalized spacial score (nSPS) is 9.23. The predicted octanol–water partition coefficient (Wildman–Crippen LogP) is -0.119. The van der Waals surface area contributed by atoms with Crippen LogP contribution in [0.5, 0.6) is 0 Å². The van der Waals surface area contributed by atoms with Crippen molar-refractivity contribution in [3.8, 4) is 0 Å². The highest BCUT2D eigenvalue weighted by atomic mass is 16.5. The van der Waals surface area contributed by atoms with E-state index in [9.17, 15) is 9.59 Å². The fourth-order valence-corrected chi connectivity index (χ4v) is 0.593. The van der Waals surface area contributed by atoms with Crippen LogP contribution in [0.3, 0.4) is 0 Å². The van der Waals surface area contributed by atoms with Crippen LogP contribution in [0.2, 0.25) is 0 Å². The number of hydrogen-bond acceptors (Lipinski definition) is 4. The van der Waals surface area contributed by atoms with E-state index in [0.717, 1.165) is 0 Å². The SMILES string of the molecule is O=C(O)CNC(=O)Nc1ccon1. The molecule has 0 saturated heterocycles. The standard InChI is InChI=1S/C6H7N3O4/c10-5(11)3-7-6(12)8-4-1-2-13-9-4/h1-2H,3H2,(H,10,11)(H2,7,8,9,12). The number of aliphatic carboxylic acids is 1. The van der Waals surface area contributed by atoms with Gasteiger partial charge in [0.1, 0.15) is 12.8 Å². The average Bonchev–Trinajstić information content (AvgIpc) is 2.53. The Balaban J connectivity index is 2.30. The molecule has 2 amide bonds. The van der Waals surface area contributed by atoms with Gasteiger partial charge in [0.05, 0.1) is 0 Å². The molecule has 13 heavy (non-hydrogen) atoms. The van der Waals surface area contributed by atoms with Gasteiger partial charge < -0.3 is 14.9 Å². The van der Waals surface area contributed by atoms with Crippen LogP contribution < -0.4 is 10.6 Å². The van der Waals surface area contributed by atoms with Gasteiger partial charge in [0, 0.05) is 6.07 Å². The molecule has 0 aliphatic heterocycles. The van der Waals surface area contributed by atoms with E-state index in [-0.39, 0.29) is 5.82 Å². The topological polar surface area (TPSA) is 104 Å². The van der Waals surface area contributed by atoms with Crippen LogP contribution in [0.4, 0.5) is 10.6 Å². The first kappa shape index (κ1) is 9.04. The van der Waals surface area contributed by atoms with Gasteiger partial charge in [-0.25, -0.2) is 4.79 Å². The van der Waals surface area contributed by atoms with E-state index in [1.807, 2.05) is 0 Å². The number of amides is 2. The third-order valence-corrected chi connectivity index (χ3v) is 1.08. The molecule has 1 aromatic rings. The zero-order valence-corrected chi connectivity index (χ0v) is 6.48. The van der Waals surface area contributed by atoms with E-state index in [4.69, 9.17) is 5.11 Å². The molecular formula is C6H7N3O4. The first-order chi connectivity index (χ1) is 6.18. The van der Waals surface area contributed by atoms with Gasteiger partial charge in [-0.3, -0.25) is 10.1 Å². The summed E-state index contributed by atoms with van der Waals surface area (Å²) in [5.74, 6) is -0.891. The lowest BCUT2D eigenvalue weighted by Crippen LogP contribution is -2.33. The van der Waals surface area contributed by atoms with Gasteiger partial charge in [-0.1, -0.05) is 5.16 Å². The molecule has 0 unspecified atom stereocenters. The molecule has 0 aliphatic carbocycles. The van der Waals surface area contributed by atoms with Crippen LogP contribution in [0, 0.1) is 0 Å². The Labute approximate surface area is 72.7 Å². The number of hydrogen-bond donors (Lipinski definition) is 3. The number of nitrogens with one attached hydrogen (secondary N) is 2. The van der Waals surface area contributed by atoms with Gasteiger partial charge in [0.15, 0.2) is 5.82 Å². The lowest BCUT2D eigenvalue weighted by Gasteiger charge is -2.00. The maximum Gasteiger partial charge on any atom is 0.323 e. The van der Waals surface area contributed by atoms with Crippen molar-refractivity contribution in [3.63, 3.8) is 0 Å². The molecular weight excluding hydrogens is 178 g/mol. The molecule has 7 nitrogen and oxygen atoms in total. The lowest BCUT2D eigenvalue weighted by atomic mass is 10.6. The van der Waals surface area contributed by atoms with Crippen molar-refractivity contribution in [2.45, 2.75) is 0 Å². The van der Waals surface area contributed by atoms with E-state index in [2.05, 4.69) is 20.3 Å². The summed E-state index contributed by atoms with van der Waals surface area (Å²) in [6.45, 7) is -0.441. The number of carboxylic acids is 1. The number of aromatic nitrogens is 1. The summed E-state index contributed by atoms with van der Waals surface area (Å²) in [4.78, 5) is 20.9. The molecule has 0 aliphatic rings. The molecule has 0 radical (unpaired) electrons. The highest BCUT2D eigenvalue weighted by Gasteiger charge is 2.04.